The lowest BCUT2D eigenvalue weighted by Crippen LogP contribution is -2.52. The Labute approximate surface area is 165 Å². The van der Waals surface area contributed by atoms with Crippen molar-refractivity contribution >= 4 is 11.8 Å². The molecule has 4 rings (SSSR count). The van der Waals surface area contributed by atoms with Gasteiger partial charge in [-0.15, -0.1) is 0 Å². The molecule has 2 aliphatic rings. The van der Waals surface area contributed by atoms with Crippen LogP contribution in [-0.2, 0) is 21.4 Å². The predicted molar refractivity (Wildman–Crippen MR) is 105 cm³/mol. The maximum Gasteiger partial charge on any atom is 0.227 e. The molecule has 0 unspecified atom stereocenters. The second kappa shape index (κ2) is 7.04. The Morgan fingerprint density at radius 1 is 1.21 bits per heavy atom. The highest BCUT2D eigenvalue weighted by Crippen LogP contribution is 2.44. The third kappa shape index (κ3) is 3.19. The molecule has 2 fully saturated rings. The Bertz CT molecular complexity index is 908. The molecule has 2 atom stereocenters. The maximum atomic E-state index is 13.0. The fraction of sp³-hybridized carbons (Fsp3) is 0.524. The summed E-state index contributed by atoms with van der Waals surface area (Å²) in [5.41, 5.74) is 1.95. The minimum atomic E-state index is -0.268. The van der Waals surface area contributed by atoms with Gasteiger partial charge in [0.15, 0.2) is 5.82 Å². The van der Waals surface area contributed by atoms with E-state index < -0.39 is 0 Å². The Morgan fingerprint density at radius 2 is 1.96 bits per heavy atom. The van der Waals surface area contributed by atoms with Gasteiger partial charge in [0, 0.05) is 39.0 Å². The minimum absolute atomic E-state index is 0.0684. The summed E-state index contributed by atoms with van der Waals surface area (Å²) >= 11 is 0. The number of likely N-dealkylation sites (tertiary alicyclic amines) is 2. The summed E-state index contributed by atoms with van der Waals surface area (Å²) in [6.45, 7) is 8.12. The fourth-order valence-corrected chi connectivity index (χ4v) is 4.66. The van der Waals surface area contributed by atoms with Crippen molar-refractivity contribution in [2.24, 2.45) is 5.92 Å². The van der Waals surface area contributed by atoms with Crippen molar-refractivity contribution in [1.29, 1.82) is 0 Å². The molecule has 2 aromatic rings. The van der Waals surface area contributed by atoms with E-state index in [9.17, 15) is 9.59 Å². The highest BCUT2D eigenvalue weighted by molar-refractivity contribution is 5.79. The Hall–Kier alpha value is -2.70. The molecule has 0 radical (unpaired) electrons. The standard InChI is InChI=1S/C21H27N5O2/c1-14-6-4-5-7-17(14)10-19(28)25-9-8-21(20-22-15(2)23-24-20)13-26(16(3)27)12-18(21)11-25/h4-7,18H,8-13H2,1-3H3,(H,22,23,24)/t18-,21-/m1/s1. The number of benzene rings is 1. The molecule has 3 heterocycles. The molecule has 1 N–H and O–H groups in total. The average molecular weight is 381 g/mol. The van der Waals surface area contributed by atoms with Gasteiger partial charge in [-0.25, -0.2) is 4.98 Å². The Kier molecular flexibility index (Phi) is 4.69. The molecule has 2 saturated heterocycles. The van der Waals surface area contributed by atoms with E-state index in [4.69, 9.17) is 0 Å². The lowest BCUT2D eigenvalue weighted by atomic mass is 9.71. The number of carbonyl (C=O) groups is 2. The first-order chi connectivity index (χ1) is 13.4. The summed E-state index contributed by atoms with van der Waals surface area (Å²) in [6, 6.07) is 8.03. The van der Waals surface area contributed by atoms with Crippen molar-refractivity contribution < 1.29 is 9.59 Å². The largest absolute Gasteiger partial charge is 0.342 e. The molecule has 7 heteroatoms. The van der Waals surface area contributed by atoms with Gasteiger partial charge in [0.25, 0.3) is 0 Å². The summed E-state index contributed by atoms with van der Waals surface area (Å²) in [5, 5.41) is 7.38. The molecular formula is C21H27N5O2. The highest BCUT2D eigenvalue weighted by atomic mass is 16.2. The van der Waals surface area contributed by atoms with Crippen LogP contribution in [0, 0.1) is 19.8 Å². The number of aromatic amines is 1. The zero-order valence-corrected chi connectivity index (χ0v) is 16.7. The number of piperidine rings is 1. The van der Waals surface area contributed by atoms with Gasteiger partial charge >= 0.3 is 0 Å². The van der Waals surface area contributed by atoms with Crippen molar-refractivity contribution in [3.63, 3.8) is 0 Å². The molecule has 7 nitrogen and oxygen atoms in total. The number of nitrogens with one attached hydrogen (secondary N) is 1. The summed E-state index contributed by atoms with van der Waals surface area (Å²) in [6.07, 6.45) is 1.20. The molecule has 1 aromatic carbocycles. The number of aryl methyl sites for hydroxylation is 2. The van der Waals surface area contributed by atoms with E-state index in [0.717, 1.165) is 29.2 Å². The van der Waals surface area contributed by atoms with Gasteiger partial charge in [-0.2, -0.15) is 5.10 Å². The first-order valence-electron chi connectivity index (χ1n) is 9.86. The fourth-order valence-electron chi connectivity index (χ4n) is 4.66. The summed E-state index contributed by atoms with van der Waals surface area (Å²) in [4.78, 5) is 33.5. The van der Waals surface area contributed by atoms with Crippen LogP contribution in [0.1, 0.15) is 36.1 Å². The van der Waals surface area contributed by atoms with Gasteiger partial charge in [-0.1, -0.05) is 24.3 Å². The van der Waals surface area contributed by atoms with Gasteiger partial charge in [0.1, 0.15) is 5.82 Å². The quantitative estimate of drug-likeness (QED) is 0.876. The summed E-state index contributed by atoms with van der Waals surface area (Å²) in [7, 11) is 0. The lowest BCUT2D eigenvalue weighted by molar-refractivity contribution is -0.133. The molecule has 0 bridgehead atoms. The molecule has 0 aliphatic carbocycles. The van der Waals surface area contributed by atoms with Crippen molar-refractivity contribution in [2.45, 2.75) is 39.0 Å². The third-order valence-corrected chi connectivity index (χ3v) is 6.41. The molecule has 2 amide bonds. The number of carbonyl (C=O) groups excluding carboxylic acids is 2. The van der Waals surface area contributed by atoms with Crippen LogP contribution in [0.4, 0.5) is 0 Å². The molecule has 148 valence electrons. The van der Waals surface area contributed by atoms with Crippen LogP contribution < -0.4 is 0 Å². The summed E-state index contributed by atoms with van der Waals surface area (Å²) in [5.74, 6) is 1.93. The zero-order chi connectivity index (χ0) is 19.9. The van der Waals surface area contributed by atoms with E-state index in [0.29, 0.717) is 32.6 Å². The van der Waals surface area contributed by atoms with Gasteiger partial charge < -0.3 is 9.80 Å². The van der Waals surface area contributed by atoms with Gasteiger partial charge in [0.2, 0.25) is 11.8 Å². The van der Waals surface area contributed by atoms with Gasteiger partial charge in [-0.05, 0) is 31.4 Å². The average Bonchev–Trinajstić information content (AvgIpc) is 3.27. The second-order valence-electron chi connectivity index (χ2n) is 8.19. The van der Waals surface area contributed by atoms with Crippen LogP contribution in [0.25, 0.3) is 0 Å². The van der Waals surface area contributed by atoms with Gasteiger partial charge in [-0.3, -0.25) is 14.7 Å². The number of nitrogens with zero attached hydrogens (tertiary/aromatic N) is 4. The first kappa shape index (κ1) is 18.7. The number of hydrogen-bond donors (Lipinski definition) is 1. The first-order valence-corrected chi connectivity index (χ1v) is 9.86. The predicted octanol–water partition coefficient (Wildman–Crippen LogP) is 1.61. The Morgan fingerprint density at radius 3 is 2.64 bits per heavy atom. The van der Waals surface area contributed by atoms with E-state index in [1.807, 2.05) is 47.9 Å². The van der Waals surface area contributed by atoms with Crippen LogP contribution in [0.3, 0.4) is 0 Å². The van der Waals surface area contributed by atoms with Crippen LogP contribution in [0.5, 0.6) is 0 Å². The molecule has 0 saturated carbocycles. The number of fused-ring (bicyclic) bond motifs is 1. The molecule has 1 aromatic heterocycles. The SMILES string of the molecule is CC(=O)N1C[C@H]2CN(C(=O)Cc3ccccc3C)CC[C@@]2(c2n[nH]c(C)n2)C1. The van der Waals surface area contributed by atoms with Crippen LogP contribution in [0.2, 0.25) is 0 Å². The number of amides is 2. The van der Waals surface area contributed by atoms with Crippen LogP contribution in [0.15, 0.2) is 24.3 Å². The second-order valence-corrected chi connectivity index (χ2v) is 8.19. The highest BCUT2D eigenvalue weighted by Gasteiger charge is 2.54. The monoisotopic (exact) mass is 381 g/mol. The number of rotatable bonds is 3. The van der Waals surface area contributed by atoms with Crippen LogP contribution in [-0.4, -0.2) is 63.0 Å². The van der Waals surface area contributed by atoms with Gasteiger partial charge in [0.05, 0.1) is 11.8 Å². The van der Waals surface area contributed by atoms with E-state index in [1.165, 1.54) is 0 Å². The van der Waals surface area contributed by atoms with Crippen molar-refractivity contribution in [3.8, 4) is 0 Å². The van der Waals surface area contributed by atoms with Crippen molar-refractivity contribution in [1.82, 2.24) is 25.0 Å². The van der Waals surface area contributed by atoms with E-state index in [1.54, 1.807) is 6.92 Å². The summed E-state index contributed by atoms with van der Waals surface area (Å²) < 4.78 is 0. The molecule has 28 heavy (non-hydrogen) atoms. The van der Waals surface area contributed by atoms with Crippen molar-refractivity contribution in [3.05, 3.63) is 47.0 Å². The topological polar surface area (TPSA) is 82.2 Å². The van der Waals surface area contributed by atoms with E-state index >= 15 is 0 Å². The third-order valence-electron chi connectivity index (χ3n) is 6.41. The van der Waals surface area contributed by atoms with Crippen molar-refractivity contribution in [2.75, 3.05) is 26.2 Å². The molecule has 0 spiro atoms. The minimum Gasteiger partial charge on any atom is -0.342 e. The normalized spacial score (nSPS) is 24.3. The maximum absolute atomic E-state index is 13.0. The van der Waals surface area contributed by atoms with Crippen LogP contribution >= 0.6 is 0 Å². The number of hydrogen-bond acceptors (Lipinski definition) is 4. The van der Waals surface area contributed by atoms with E-state index in [2.05, 4.69) is 15.2 Å². The molecule has 2 aliphatic heterocycles. The molecular weight excluding hydrogens is 354 g/mol. The number of H-pyrrole nitrogens is 1. The zero-order valence-electron chi connectivity index (χ0n) is 16.7. The smallest absolute Gasteiger partial charge is 0.227 e. The van der Waals surface area contributed by atoms with E-state index in [-0.39, 0.29) is 23.1 Å². The lowest BCUT2D eigenvalue weighted by Gasteiger charge is -2.41. The number of aromatic nitrogens is 3. The Balaban J connectivity index is 1.55.